The van der Waals surface area contributed by atoms with Gasteiger partial charge in [0.05, 0.1) is 41.7 Å². The molecule has 5 aromatic rings. The van der Waals surface area contributed by atoms with E-state index in [4.69, 9.17) is 9.84 Å². The number of nitrogens with zero attached hydrogens (tertiary/aromatic N) is 5. The predicted octanol–water partition coefficient (Wildman–Crippen LogP) is 6.49. The van der Waals surface area contributed by atoms with Crippen LogP contribution in [-0.4, -0.2) is 50.2 Å². The molecule has 1 N–H and O–H groups in total. The number of halogens is 1. The molecule has 46 heavy (non-hydrogen) atoms. The second kappa shape index (κ2) is 13.7. The molecule has 0 fully saturated rings. The van der Waals surface area contributed by atoms with Crippen LogP contribution in [-0.2, 0) is 11.3 Å². The van der Waals surface area contributed by atoms with Gasteiger partial charge in [-0.05, 0) is 90.0 Å². The molecule has 3 aromatic carbocycles. The molecule has 2 amide bonds. The zero-order valence-corrected chi connectivity index (χ0v) is 27.1. The number of aromatic nitrogens is 3. The summed E-state index contributed by atoms with van der Waals surface area (Å²) in [4.78, 5) is 27.2. The van der Waals surface area contributed by atoms with Crippen LogP contribution in [0.4, 0.5) is 4.39 Å². The Bertz CT molecular complexity index is 1890. The van der Waals surface area contributed by atoms with E-state index in [-0.39, 0.29) is 29.9 Å². The fourth-order valence-corrected chi connectivity index (χ4v) is 6.67. The van der Waals surface area contributed by atoms with Crippen LogP contribution in [0.3, 0.4) is 0 Å². The maximum atomic E-state index is 13.9. The number of thioether (sulfide) groups is 1. The lowest BCUT2D eigenvalue weighted by atomic mass is 9.98. The molecule has 12 heteroatoms. The summed E-state index contributed by atoms with van der Waals surface area (Å²) < 4.78 is 21.0. The summed E-state index contributed by atoms with van der Waals surface area (Å²) in [6, 6.07) is 22.8. The molecule has 0 spiro atoms. The van der Waals surface area contributed by atoms with Gasteiger partial charge in [0, 0.05) is 6.42 Å². The highest BCUT2D eigenvalue weighted by Crippen LogP contribution is 2.35. The molecular weight excluding hydrogens is 624 g/mol. The van der Waals surface area contributed by atoms with Gasteiger partial charge in [-0.15, -0.1) is 21.5 Å². The lowest BCUT2D eigenvalue weighted by Gasteiger charge is -2.22. The molecule has 0 saturated carbocycles. The number of rotatable bonds is 10. The van der Waals surface area contributed by atoms with Crippen LogP contribution in [0.2, 0.25) is 0 Å². The number of carbonyl (C=O) groups excluding carboxylic acids is 2. The summed E-state index contributed by atoms with van der Waals surface area (Å²) in [5, 5.41) is 20.4. The van der Waals surface area contributed by atoms with Gasteiger partial charge in [0.15, 0.2) is 11.0 Å². The van der Waals surface area contributed by atoms with Gasteiger partial charge in [0.25, 0.3) is 11.8 Å². The summed E-state index contributed by atoms with van der Waals surface area (Å²) in [6.07, 6.45) is 0.473. The number of hydrogen-bond donors (Lipinski definition) is 1. The summed E-state index contributed by atoms with van der Waals surface area (Å²) in [7, 11) is 1.61. The third kappa shape index (κ3) is 6.58. The van der Waals surface area contributed by atoms with E-state index in [1.54, 1.807) is 25.3 Å². The topological polar surface area (TPSA) is 102 Å². The molecule has 0 bridgehead atoms. The summed E-state index contributed by atoms with van der Waals surface area (Å²) in [6.45, 7) is 4.20. The number of carbonyl (C=O) groups is 2. The third-order valence-electron chi connectivity index (χ3n) is 7.84. The number of thiophene rings is 1. The van der Waals surface area contributed by atoms with Gasteiger partial charge in [-0.25, -0.2) is 9.40 Å². The Morgan fingerprint density at radius 3 is 2.52 bits per heavy atom. The number of benzene rings is 3. The van der Waals surface area contributed by atoms with Crippen molar-refractivity contribution in [1.82, 2.24) is 25.1 Å². The maximum Gasteiger partial charge on any atom is 0.261 e. The average molecular weight is 655 g/mol. The van der Waals surface area contributed by atoms with Crippen molar-refractivity contribution < 1.29 is 18.7 Å². The largest absolute Gasteiger partial charge is 0.497 e. The third-order valence-corrected chi connectivity index (χ3v) is 9.62. The summed E-state index contributed by atoms with van der Waals surface area (Å²) >= 11 is 2.61. The van der Waals surface area contributed by atoms with Crippen LogP contribution in [0.25, 0.3) is 5.69 Å². The first-order valence-corrected chi connectivity index (χ1v) is 16.4. The van der Waals surface area contributed by atoms with Crippen molar-refractivity contribution in [2.45, 2.75) is 38.0 Å². The standard InChI is InChI=1S/C34H31FN6O3S2/c1-21-6-4-7-28(22(21)2)40-31(19-36-33(43)30-8-5-17-45-30)37-38-34(40)46-20-32(42)41-29(24-9-13-25(35)14-10-24)18-27(39-41)23-11-15-26(44-3)16-12-23/h4-17,29H,18-20H2,1-3H3,(H,36,43)/t29-/m0/s1. The molecule has 0 radical (unpaired) electrons. The van der Waals surface area contributed by atoms with Gasteiger partial charge in [-0.3, -0.25) is 14.2 Å². The Kier molecular flexibility index (Phi) is 9.27. The summed E-state index contributed by atoms with van der Waals surface area (Å²) in [5.41, 5.74) is 5.40. The molecule has 2 aromatic heterocycles. The van der Waals surface area contributed by atoms with Gasteiger partial charge in [-0.2, -0.15) is 5.10 Å². The van der Waals surface area contributed by atoms with Crippen LogP contribution in [0.1, 0.15) is 50.2 Å². The Morgan fingerprint density at radius 1 is 1.02 bits per heavy atom. The number of amides is 2. The maximum absolute atomic E-state index is 13.9. The molecule has 3 heterocycles. The molecule has 1 atom stereocenters. The molecule has 1 aliphatic heterocycles. The van der Waals surface area contributed by atoms with E-state index in [1.807, 2.05) is 72.3 Å². The van der Waals surface area contributed by atoms with E-state index in [2.05, 4.69) is 15.5 Å². The van der Waals surface area contributed by atoms with Crippen molar-refractivity contribution in [1.29, 1.82) is 0 Å². The highest BCUT2D eigenvalue weighted by Gasteiger charge is 2.33. The van der Waals surface area contributed by atoms with Crippen LogP contribution in [0.15, 0.2) is 94.5 Å². The SMILES string of the molecule is COc1ccc(C2=NN(C(=O)CSc3nnc(CNC(=O)c4cccs4)n3-c3cccc(C)c3C)[C@H](c3ccc(F)cc3)C2)cc1. The first-order valence-electron chi connectivity index (χ1n) is 14.6. The normalized spacial score (nSPS) is 14.3. The van der Waals surface area contributed by atoms with Crippen molar-refractivity contribution >= 4 is 40.6 Å². The van der Waals surface area contributed by atoms with E-state index >= 15 is 0 Å². The smallest absolute Gasteiger partial charge is 0.261 e. The Morgan fingerprint density at radius 2 is 1.80 bits per heavy atom. The van der Waals surface area contributed by atoms with Gasteiger partial charge in [0.1, 0.15) is 11.6 Å². The lowest BCUT2D eigenvalue weighted by molar-refractivity contribution is -0.130. The van der Waals surface area contributed by atoms with Crippen LogP contribution >= 0.6 is 23.1 Å². The van der Waals surface area contributed by atoms with E-state index in [0.29, 0.717) is 22.3 Å². The van der Waals surface area contributed by atoms with Crippen molar-refractivity contribution in [3.8, 4) is 11.4 Å². The molecule has 1 aliphatic rings. The predicted molar refractivity (Wildman–Crippen MR) is 177 cm³/mol. The van der Waals surface area contributed by atoms with Crippen molar-refractivity contribution in [2.24, 2.45) is 5.10 Å². The number of hydrazone groups is 1. The van der Waals surface area contributed by atoms with Crippen molar-refractivity contribution in [3.05, 3.63) is 123 Å². The molecule has 0 aliphatic carbocycles. The van der Waals surface area contributed by atoms with Crippen LogP contribution in [0.5, 0.6) is 5.75 Å². The molecule has 6 rings (SSSR count). The zero-order chi connectivity index (χ0) is 32.2. The average Bonchev–Trinajstić information content (AvgIpc) is 3.85. The second-order valence-electron chi connectivity index (χ2n) is 10.7. The number of methoxy groups -OCH3 is 1. The fraction of sp³-hybridized carbons (Fsp3) is 0.206. The second-order valence-corrected chi connectivity index (χ2v) is 12.6. The monoisotopic (exact) mass is 654 g/mol. The minimum atomic E-state index is -0.397. The number of aryl methyl sites for hydroxylation is 1. The molecule has 0 saturated heterocycles. The number of ether oxygens (including phenoxy) is 1. The first kappa shape index (κ1) is 31.2. The molecule has 234 valence electrons. The molecule has 9 nitrogen and oxygen atoms in total. The van der Waals surface area contributed by atoms with Crippen molar-refractivity contribution in [2.75, 3.05) is 12.9 Å². The minimum Gasteiger partial charge on any atom is -0.497 e. The number of nitrogens with one attached hydrogen (secondary N) is 1. The minimum absolute atomic E-state index is 0.0294. The molecular formula is C34H31FN6O3S2. The van der Waals surface area contributed by atoms with Gasteiger partial charge < -0.3 is 10.1 Å². The Balaban J connectivity index is 1.27. The zero-order valence-electron chi connectivity index (χ0n) is 25.4. The van der Waals surface area contributed by atoms with Crippen molar-refractivity contribution in [3.63, 3.8) is 0 Å². The summed E-state index contributed by atoms with van der Waals surface area (Å²) in [5.74, 6) is 0.521. The van der Waals surface area contributed by atoms with Gasteiger partial charge in [-0.1, -0.05) is 42.1 Å². The van der Waals surface area contributed by atoms with Crippen LogP contribution in [0, 0.1) is 19.7 Å². The van der Waals surface area contributed by atoms with Gasteiger partial charge >= 0.3 is 0 Å². The fourth-order valence-electron chi connectivity index (χ4n) is 5.22. The highest BCUT2D eigenvalue weighted by atomic mass is 32.2. The van der Waals surface area contributed by atoms with Gasteiger partial charge in [0.2, 0.25) is 0 Å². The van der Waals surface area contributed by atoms with E-state index < -0.39 is 6.04 Å². The first-order chi connectivity index (χ1) is 22.3. The quantitative estimate of drug-likeness (QED) is 0.173. The molecule has 0 unspecified atom stereocenters. The highest BCUT2D eigenvalue weighted by molar-refractivity contribution is 7.99. The number of hydrogen-bond acceptors (Lipinski definition) is 8. The van der Waals surface area contributed by atoms with Crippen LogP contribution < -0.4 is 10.1 Å². The van der Waals surface area contributed by atoms with E-state index in [9.17, 15) is 14.0 Å². The van der Waals surface area contributed by atoms with E-state index in [0.717, 1.165) is 39.4 Å². The van der Waals surface area contributed by atoms with E-state index in [1.165, 1.54) is 40.2 Å². The lowest BCUT2D eigenvalue weighted by Crippen LogP contribution is -2.28. The Labute approximate surface area is 274 Å². The Hall–Kier alpha value is -4.81.